The second-order valence-corrected chi connectivity index (χ2v) is 7.24. The molecule has 2 aromatic carbocycles. The second kappa shape index (κ2) is 8.96. The number of hydrogen-bond acceptors (Lipinski definition) is 5. The van der Waals surface area contributed by atoms with E-state index in [4.69, 9.17) is 4.74 Å². The molecule has 3 aromatic rings. The van der Waals surface area contributed by atoms with Gasteiger partial charge in [-0.2, -0.15) is 0 Å². The number of allylic oxidation sites excluding steroid dienone is 1. The van der Waals surface area contributed by atoms with Crippen molar-refractivity contribution in [3.63, 3.8) is 0 Å². The molecule has 0 aliphatic heterocycles. The quantitative estimate of drug-likeness (QED) is 0.394. The van der Waals surface area contributed by atoms with Gasteiger partial charge in [-0.1, -0.05) is 6.07 Å². The van der Waals surface area contributed by atoms with E-state index in [1.165, 1.54) is 32.3 Å². The number of rotatable bonds is 6. The smallest absolute Gasteiger partial charge is 0.230 e. The molecule has 0 saturated carbocycles. The SMILES string of the molecule is COc1cc(C)ccc1C(=O)/C=C/c1csc(N(C(C)=O)c2ccc(F)cc2F)n1. The molecular formula is C22H18F2N2O3S. The normalized spacial score (nSPS) is 11.0. The number of thiazole rings is 1. The number of anilines is 2. The van der Waals surface area contributed by atoms with Gasteiger partial charge in [0, 0.05) is 18.4 Å². The summed E-state index contributed by atoms with van der Waals surface area (Å²) in [6, 6.07) is 8.21. The van der Waals surface area contributed by atoms with Gasteiger partial charge in [-0.05, 0) is 48.9 Å². The monoisotopic (exact) mass is 428 g/mol. The molecule has 0 N–H and O–H groups in total. The highest BCUT2D eigenvalue weighted by Crippen LogP contribution is 2.31. The summed E-state index contributed by atoms with van der Waals surface area (Å²) >= 11 is 1.10. The molecule has 1 aromatic heterocycles. The number of nitrogens with zero attached hydrogens (tertiary/aromatic N) is 2. The number of aryl methyl sites for hydroxylation is 1. The zero-order chi connectivity index (χ0) is 21.8. The van der Waals surface area contributed by atoms with Gasteiger partial charge in [-0.25, -0.2) is 13.8 Å². The first-order valence-electron chi connectivity index (χ1n) is 8.88. The number of methoxy groups -OCH3 is 1. The van der Waals surface area contributed by atoms with E-state index in [1.807, 2.05) is 13.0 Å². The van der Waals surface area contributed by atoms with Crippen molar-refractivity contribution in [2.45, 2.75) is 13.8 Å². The molecule has 5 nitrogen and oxygen atoms in total. The van der Waals surface area contributed by atoms with Crippen LogP contribution in [0, 0.1) is 18.6 Å². The van der Waals surface area contributed by atoms with Gasteiger partial charge in [-0.15, -0.1) is 11.3 Å². The van der Waals surface area contributed by atoms with E-state index in [2.05, 4.69) is 4.98 Å². The van der Waals surface area contributed by atoms with Crippen molar-refractivity contribution in [3.8, 4) is 5.75 Å². The Bertz CT molecular complexity index is 1140. The van der Waals surface area contributed by atoms with E-state index in [0.29, 0.717) is 23.1 Å². The van der Waals surface area contributed by atoms with Gasteiger partial charge in [0.15, 0.2) is 10.9 Å². The lowest BCUT2D eigenvalue weighted by molar-refractivity contribution is -0.115. The topological polar surface area (TPSA) is 59.5 Å². The van der Waals surface area contributed by atoms with Gasteiger partial charge in [0.25, 0.3) is 0 Å². The average molecular weight is 428 g/mol. The van der Waals surface area contributed by atoms with Crippen molar-refractivity contribution in [1.29, 1.82) is 0 Å². The van der Waals surface area contributed by atoms with Crippen molar-refractivity contribution in [1.82, 2.24) is 4.98 Å². The van der Waals surface area contributed by atoms with Crippen LogP contribution < -0.4 is 9.64 Å². The van der Waals surface area contributed by atoms with E-state index in [1.54, 1.807) is 17.5 Å². The van der Waals surface area contributed by atoms with Crippen LogP contribution in [0.2, 0.25) is 0 Å². The van der Waals surface area contributed by atoms with E-state index >= 15 is 0 Å². The van der Waals surface area contributed by atoms with Crippen LogP contribution in [0.15, 0.2) is 47.9 Å². The van der Waals surface area contributed by atoms with Gasteiger partial charge in [0.2, 0.25) is 5.91 Å². The van der Waals surface area contributed by atoms with E-state index in [-0.39, 0.29) is 16.6 Å². The Morgan fingerprint density at radius 2 is 1.93 bits per heavy atom. The number of ketones is 1. The highest BCUT2D eigenvalue weighted by atomic mass is 32.1. The number of amides is 1. The second-order valence-electron chi connectivity index (χ2n) is 6.41. The van der Waals surface area contributed by atoms with Gasteiger partial charge >= 0.3 is 0 Å². The molecule has 1 heterocycles. The largest absolute Gasteiger partial charge is 0.496 e. The van der Waals surface area contributed by atoms with Gasteiger partial charge in [0.05, 0.1) is 24.1 Å². The zero-order valence-electron chi connectivity index (χ0n) is 16.5. The first-order chi connectivity index (χ1) is 14.3. The van der Waals surface area contributed by atoms with Crippen LogP contribution >= 0.6 is 11.3 Å². The fraction of sp³-hybridized carbons (Fsp3) is 0.136. The highest BCUT2D eigenvalue weighted by molar-refractivity contribution is 7.14. The van der Waals surface area contributed by atoms with Crippen LogP contribution in [0.25, 0.3) is 6.08 Å². The van der Waals surface area contributed by atoms with Crippen molar-refractivity contribution in [3.05, 3.63) is 76.3 Å². The molecule has 30 heavy (non-hydrogen) atoms. The number of benzene rings is 2. The summed E-state index contributed by atoms with van der Waals surface area (Å²) in [5.74, 6) is -1.90. The Morgan fingerprint density at radius 1 is 1.17 bits per heavy atom. The molecule has 8 heteroatoms. The summed E-state index contributed by atoms with van der Waals surface area (Å²) in [7, 11) is 1.49. The van der Waals surface area contributed by atoms with Crippen LogP contribution in [0.5, 0.6) is 5.75 Å². The molecule has 0 radical (unpaired) electrons. The first-order valence-corrected chi connectivity index (χ1v) is 9.76. The third-order valence-corrected chi connectivity index (χ3v) is 5.04. The molecule has 0 aliphatic rings. The molecule has 0 fully saturated rings. The van der Waals surface area contributed by atoms with Crippen LogP contribution in [-0.2, 0) is 4.79 Å². The predicted molar refractivity (Wildman–Crippen MR) is 112 cm³/mol. The summed E-state index contributed by atoms with van der Waals surface area (Å²) in [4.78, 5) is 29.9. The molecule has 1 amide bonds. The molecule has 0 bridgehead atoms. The maximum Gasteiger partial charge on any atom is 0.230 e. The number of aromatic nitrogens is 1. The predicted octanol–water partition coefficient (Wildman–Crippen LogP) is 5.32. The average Bonchev–Trinajstić information content (AvgIpc) is 3.16. The minimum atomic E-state index is -0.876. The van der Waals surface area contributed by atoms with Crippen molar-refractivity contribution in [2.24, 2.45) is 0 Å². The van der Waals surface area contributed by atoms with E-state index < -0.39 is 17.5 Å². The molecule has 0 spiro atoms. The first kappa shape index (κ1) is 21.3. The molecule has 0 atom stereocenters. The number of halogens is 2. The van der Waals surface area contributed by atoms with Gasteiger partial charge in [0.1, 0.15) is 17.4 Å². The van der Waals surface area contributed by atoms with Crippen LogP contribution in [0.3, 0.4) is 0 Å². The molecular weight excluding hydrogens is 410 g/mol. The summed E-state index contributed by atoms with van der Waals surface area (Å²) < 4.78 is 32.6. The lowest BCUT2D eigenvalue weighted by Crippen LogP contribution is -2.23. The molecule has 3 rings (SSSR count). The maximum absolute atomic E-state index is 14.2. The standard InChI is InChI=1S/C22H18F2N2O3S/c1-13-4-7-17(21(10-13)29-3)20(28)9-6-16-12-30-22(25-16)26(14(2)27)19-8-5-15(23)11-18(19)24/h4-12H,1-3H3/b9-6+. The lowest BCUT2D eigenvalue weighted by Gasteiger charge is -2.18. The number of hydrogen-bond donors (Lipinski definition) is 0. The third kappa shape index (κ3) is 4.60. The molecule has 0 saturated heterocycles. The summed E-state index contributed by atoms with van der Waals surface area (Å²) in [5, 5.41) is 1.83. The summed E-state index contributed by atoms with van der Waals surface area (Å²) in [6.07, 6.45) is 2.85. The van der Waals surface area contributed by atoms with Gasteiger partial charge in [-0.3, -0.25) is 14.5 Å². The van der Waals surface area contributed by atoms with Crippen molar-refractivity contribution in [2.75, 3.05) is 12.0 Å². The minimum absolute atomic E-state index is 0.103. The Morgan fingerprint density at radius 3 is 2.60 bits per heavy atom. The Hall–Kier alpha value is -3.39. The number of carbonyl (C=O) groups is 2. The summed E-state index contributed by atoms with van der Waals surface area (Å²) in [6.45, 7) is 3.15. The molecule has 0 aliphatic carbocycles. The van der Waals surface area contributed by atoms with Crippen molar-refractivity contribution >= 4 is 39.9 Å². The maximum atomic E-state index is 14.2. The third-order valence-electron chi connectivity index (χ3n) is 4.19. The zero-order valence-corrected chi connectivity index (χ0v) is 17.3. The fourth-order valence-electron chi connectivity index (χ4n) is 2.78. The van der Waals surface area contributed by atoms with Crippen LogP contribution in [-0.4, -0.2) is 23.8 Å². The van der Waals surface area contributed by atoms with Crippen LogP contribution in [0.4, 0.5) is 19.6 Å². The molecule has 0 unspecified atom stereocenters. The molecule has 154 valence electrons. The highest BCUT2D eigenvalue weighted by Gasteiger charge is 2.21. The fourth-order valence-corrected chi connectivity index (χ4v) is 3.63. The lowest BCUT2D eigenvalue weighted by atomic mass is 10.1. The van der Waals surface area contributed by atoms with Gasteiger partial charge < -0.3 is 4.74 Å². The van der Waals surface area contributed by atoms with E-state index in [9.17, 15) is 18.4 Å². The number of ether oxygens (including phenoxy) is 1. The minimum Gasteiger partial charge on any atom is -0.496 e. The van der Waals surface area contributed by atoms with Crippen LogP contribution in [0.1, 0.15) is 28.5 Å². The number of carbonyl (C=O) groups excluding carboxylic acids is 2. The Balaban J connectivity index is 1.86. The van der Waals surface area contributed by atoms with Crippen molar-refractivity contribution < 1.29 is 23.1 Å². The summed E-state index contributed by atoms with van der Waals surface area (Å²) in [5.41, 5.74) is 1.69. The Kier molecular flexibility index (Phi) is 6.37. The van der Waals surface area contributed by atoms with E-state index in [0.717, 1.165) is 27.9 Å². The Labute approximate surface area is 176 Å².